The summed E-state index contributed by atoms with van der Waals surface area (Å²) in [5.74, 6) is 6.88. The fourth-order valence-corrected chi connectivity index (χ4v) is 2.85. The van der Waals surface area contributed by atoms with Crippen LogP contribution in [-0.2, 0) is 5.60 Å². The summed E-state index contributed by atoms with van der Waals surface area (Å²) in [6.07, 6.45) is 1.58. The molecule has 1 atom stereocenters. The van der Waals surface area contributed by atoms with Crippen LogP contribution in [-0.4, -0.2) is 30.0 Å². The number of anilines is 1. The Morgan fingerprint density at radius 1 is 1.21 bits per heavy atom. The average molecular weight is 374 g/mol. The Morgan fingerprint density at radius 2 is 2.04 bits per heavy atom. The first-order valence-corrected chi connectivity index (χ1v) is 8.61. The van der Waals surface area contributed by atoms with Gasteiger partial charge in [0.15, 0.2) is 17.2 Å². The molecule has 0 saturated heterocycles. The van der Waals surface area contributed by atoms with Gasteiger partial charge in [0.2, 0.25) is 5.95 Å². The highest BCUT2D eigenvalue weighted by Crippen LogP contribution is 2.23. The van der Waals surface area contributed by atoms with E-state index in [1.165, 1.54) is 0 Å². The Labute approximate surface area is 161 Å². The Kier molecular flexibility index (Phi) is 4.09. The molecule has 8 heteroatoms. The van der Waals surface area contributed by atoms with Crippen LogP contribution >= 0.6 is 0 Å². The van der Waals surface area contributed by atoms with Crippen LogP contribution in [0, 0.1) is 25.7 Å². The normalized spacial score (nSPS) is 13.1. The van der Waals surface area contributed by atoms with E-state index in [0.29, 0.717) is 22.8 Å². The van der Waals surface area contributed by atoms with E-state index < -0.39 is 5.60 Å². The number of nitrogen functional groups attached to an aromatic ring is 1. The Bertz CT molecular complexity index is 1240. The highest BCUT2D eigenvalue weighted by atomic mass is 16.5. The topological polar surface area (TPSA) is 116 Å². The zero-order valence-corrected chi connectivity index (χ0v) is 15.6. The van der Waals surface area contributed by atoms with Crippen molar-refractivity contribution in [1.29, 1.82) is 0 Å². The number of nitrogens with two attached hydrogens (primary N) is 1. The quantitative estimate of drug-likeness (QED) is 0.517. The van der Waals surface area contributed by atoms with Crippen molar-refractivity contribution in [2.24, 2.45) is 0 Å². The van der Waals surface area contributed by atoms with Gasteiger partial charge in [-0.1, -0.05) is 17.0 Å². The summed E-state index contributed by atoms with van der Waals surface area (Å²) >= 11 is 0. The van der Waals surface area contributed by atoms with Crippen molar-refractivity contribution in [3.05, 3.63) is 59.2 Å². The third-order valence-electron chi connectivity index (χ3n) is 4.30. The van der Waals surface area contributed by atoms with Crippen LogP contribution in [0.2, 0.25) is 0 Å². The van der Waals surface area contributed by atoms with Crippen molar-refractivity contribution in [2.75, 3.05) is 5.73 Å². The molecule has 8 nitrogen and oxygen atoms in total. The Hall–Kier alpha value is -3.70. The van der Waals surface area contributed by atoms with Crippen LogP contribution in [0.15, 0.2) is 41.1 Å². The summed E-state index contributed by atoms with van der Waals surface area (Å²) in [4.78, 5) is 8.15. The van der Waals surface area contributed by atoms with Crippen LogP contribution in [0.25, 0.3) is 16.7 Å². The second-order valence-electron chi connectivity index (χ2n) is 6.66. The number of hydrogen-bond donors (Lipinski definition) is 2. The number of fused-ring (bicyclic) bond motifs is 1. The van der Waals surface area contributed by atoms with E-state index in [1.54, 1.807) is 36.9 Å². The van der Waals surface area contributed by atoms with Gasteiger partial charge in [0.1, 0.15) is 0 Å². The van der Waals surface area contributed by atoms with Gasteiger partial charge in [-0.2, -0.15) is 10.1 Å². The molecule has 3 heterocycles. The Balaban J connectivity index is 1.77. The van der Waals surface area contributed by atoms with Gasteiger partial charge in [0, 0.05) is 29.3 Å². The zero-order valence-electron chi connectivity index (χ0n) is 15.6. The number of nitrogens with zero attached hydrogens (tertiary/aromatic N) is 5. The highest BCUT2D eigenvalue weighted by Gasteiger charge is 2.25. The van der Waals surface area contributed by atoms with Gasteiger partial charge in [-0.25, -0.2) is 9.67 Å². The molecular weight excluding hydrogens is 356 g/mol. The maximum absolute atomic E-state index is 10.6. The van der Waals surface area contributed by atoms with E-state index >= 15 is 0 Å². The SMILES string of the molecule is Cc1cc(C(C)(O)C#Cc2ccc3c(C)nn(-c4ccnc(N)n4)c3c2)on1. The zero-order chi connectivity index (χ0) is 19.9. The summed E-state index contributed by atoms with van der Waals surface area (Å²) < 4.78 is 6.84. The third kappa shape index (κ3) is 3.19. The van der Waals surface area contributed by atoms with Crippen molar-refractivity contribution in [1.82, 2.24) is 24.9 Å². The lowest BCUT2D eigenvalue weighted by Crippen LogP contribution is -2.17. The fourth-order valence-electron chi connectivity index (χ4n) is 2.85. The van der Waals surface area contributed by atoms with Crippen molar-refractivity contribution in [3.8, 4) is 17.7 Å². The first kappa shape index (κ1) is 17.7. The molecule has 1 unspecified atom stereocenters. The molecule has 0 aliphatic rings. The maximum Gasteiger partial charge on any atom is 0.221 e. The molecule has 1 aromatic carbocycles. The average Bonchev–Trinajstić information content (AvgIpc) is 3.24. The molecular formula is C20H18N6O2. The predicted octanol–water partition coefficient (Wildman–Crippen LogP) is 2.26. The lowest BCUT2D eigenvalue weighted by molar-refractivity contribution is 0.0872. The number of benzene rings is 1. The first-order valence-electron chi connectivity index (χ1n) is 8.61. The summed E-state index contributed by atoms with van der Waals surface area (Å²) in [6, 6.07) is 9.11. The van der Waals surface area contributed by atoms with Gasteiger partial charge in [0.05, 0.1) is 16.9 Å². The predicted molar refractivity (Wildman–Crippen MR) is 103 cm³/mol. The van der Waals surface area contributed by atoms with Crippen LogP contribution in [0.4, 0.5) is 5.95 Å². The number of aliphatic hydroxyl groups is 1. The van der Waals surface area contributed by atoms with Crippen molar-refractivity contribution in [2.45, 2.75) is 26.4 Å². The highest BCUT2D eigenvalue weighted by molar-refractivity contribution is 5.84. The molecule has 28 heavy (non-hydrogen) atoms. The van der Waals surface area contributed by atoms with E-state index in [4.69, 9.17) is 10.3 Å². The second kappa shape index (κ2) is 6.48. The lowest BCUT2D eigenvalue weighted by atomic mass is 10.0. The lowest BCUT2D eigenvalue weighted by Gasteiger charge is -2.11. The molecule has 0 saturated carbocycles. The molecule has 0 aliphatic carbocycles. The number of rotatable bonds is 2. The molecule has 0 amide bonds. The third-order valence-corrected chi connectivity index (χ3v) is 4.30. The minimum absolute atomic E-state index is 0.174. The van der Waals surface area contributed by atoms with Gasteiger partial charge < -0.3 is 15.4 Å². The molecule has 0 fully saturated rings. The molecule has 4 rings (SSSR count). The van der Waals surface area contributed by atoms with E-state index in [1.807, 2.05) is 25.1 Å². The molecule has 3 N–H and O–H groups in total. The van der Waals surface area contributed by atoms with Gasteiger partial charge in [-0.05, 0) is 39.0 Å². The minimum atomic E-state index is -1.45. The smallest absolute Gasteiger partial charge is 0.221 e. The van der Waals surface area contributed by atoms with Crippen LogP contribution in [0.5, 0.6) is 0 Å². The standard InChI is InChI=1S/C20H18N6O2/c1-12-10-17(28-25-12)20(3,27)8-6-14-4-5-15-13(2)24-26(16(15)11-14)18-7-9-22-19(21)23-18/h4-5,7,9-11,27H,1-3H3,(H2,21,22,23). The number of hydrogen-bond acceptors (Lipinski definition) is 7. The summed E-state index contributed by atoms with van der Waals surface area (Å²) in [6.45, 7) is 5.27. The van der Waals surface area contributed by atoms with Crippen molar-refractivity contribution >= 4 is 16.9 Å². The fraction of sp³-hybridized carbons (Fsp3) is 0.200. The van der Waals surface area contributed by atoms with Crippen LogP contribution in [0.1, 0.15) is 29.6 Å². The van der Waals surface area contributed by atoms with Crippen molar-refractivity contribution in [3.63, 3.8) is 0 Å². The molecule has 3 aromatic heterocycles. The van der Waals surface area contributed by atoms with Gasteiger partial charge in [-0.15, -0.1) is 0 Å². The summed E-state index contributed by atoms with van der Waals surface area (Å²) in [5.41, 5.74) is 7.34. The largest absolute Gasteiger partial charge is 0.371 e. The number of aryl methyl sites for hydroxylation is 2. The van der Waals surface area contributed by atoms with Gasteiger partial charge in [0.25, 0.3) is 0 Å². The summed E-state index contributed by atoms with van der Waals surface area (Å²) in [7, 11) is 0. The Morgan fingerprint density at radius 3 is 2.75 bits per heavy atom. The van der Waals surface area contributed by atoms with E-state index in [-0.39, 0.29) is 5.95 Å². The van der Waals surface area contributed by atoms with Gasteiger partial charge in [-0.3, -0.25) is 0 Å². The second-order valence-corrected chi connectivity index (χ2v) is 6.66. The van der Waals surface area contributed by atoms with E-state index in [9.17, 15) is 5.11 Å². The molecule has 140 valence electrons. The molecule has 4 aromatic rings. The van der Waals surface area contributed by atoms with E-state index in [0.717, 1.165) is 16.6 Å². The van der Waals surface area contributed by atoms with Crippen LogP contribution in [0.3, 0.4) is 0 Å². The minimum Gasteiger partial charge on any atom is -0.371 e. The first-order chi connectivity index (χ1) is 13.3. The molecule has 0 aliphatic heterocycles. The van der Waals surface area contributed by atoms with Crippen molar-refractivity contribution < 1.29 is 9.63 Å². The number of aromatic nitrogens is 5. The molecule has 0 spiro atoms. The molecule has 0 radical (unpaired) electrons. The summed E-state index contributed by atoms with van der Waals surface area (Å²) in [5, 5.41) is 19.9. The molecule has 0 bridgehead atoms. The van der Waals surface area contributed by atoms with E-state index in [2.05, 4.69) is 32.1 Å². The van der Waals surface area contributed by atoms with Crippen LogP contribution < -0.4 is 5.73 Å². The monoisotopic (exact) mass is 374 g/mol. The van der Waals surface area contributed by atoms with Gasteiger partial charge >= 0.3 is 0 Å². The maximum atomic E-state index is 10.6.